The van der Waals surface area contributed by atoms with Gasteiger partial charge in [0.05, 0.1) is 16.3 Å². The number of halogens is 3. The Morgan fingerprint density at radius 3 is 2.85 bits per heavy atom. The molecular weight excluding hydrogens is 381 g/mol. The molecular formula is C17H15F3N4S2. The molecule has 9 heteroatoms. The number of alkyl halides is 3. The molecule has 136 valence electrons. The van der Waals surface area contributed by atoms with Crippen LogP contribution >= 0.6 is 23.1 Å². The van der Waals surface area contributed by atoms with Crippen LogP contribution in [-0.2, 0) is 17.7 Å². The van der Waals surface area contributed by atoms with Gasteiger partial charge < -0.3 is 4.90 Å². The van der Waals surface area contributed by atoms with Crippen LogP contribution in [0.2, 0.25) is 0 Å². The van der Waals surface area contributed by atoms with Gasteiger partial charge in [-0.3, -0.25) is 0 Å². The van der Waals surface area contributed by atoms with Gasteiger partial charge in [0.25, 0.3) is 0 Å². The molecule has 0 aromatic carbocycles. The van der Waals surface area contributed by atoms with Crippen molar-refractivity contribution >= 4 is 28.9 Å². The summed E-state index contributed by atoms with van der Waals surface area (Å²) in [6, 6.07) is 4.14. The first-order valence-electron chi connectivity index (χ1n) is 8.24. The Morgan fingerprint density at radius 2 is 2.12 bits per heavy atom. The zero-order valence-corrected chi connectivity index (χ0v) is 15.3. The fourth-order valence-corrected chi connectivity index (χ4v) is 5.36. The number of hydrogen-bond acceptors (Lipinski definition) is 6. The molecule has 0 aliphatic carbocycles. The van der Waals surface area contributed by atoms with Crippen molar-refractivity contribution in [1.29, 1.82) is 5.26 Å². The number of rotatable bonds is 2. The molecule has 2 aliphatic heterocycles. The van der Waals surface area contributed by atoms with Gasteiger partial charge in [-0.25, -0.2) is 9.97 Å². The van der Waals surface area contributed by atoms with Crippen molar-refractivity contribution in [2.75, 3.05) is 18.0 Å². The average Bonchev–Trinajstić information content (AvgIpc) is 3.29. The van der Waals surface area contributed by atoms with Gasteiger partial charge in [-0.2, -0.15) is 30.2 Å². The van der Waals surface area contributed by atoms with Crippen LogP contribution in [0.15, 0.2) is 11.4 Å². The number of thiazole rings is 1. The number of nitriles is 1. The van der Waals surface area contributed by atoms with Crippen molar-refractivity contribution in [3.8, 4) is 6.07 Å². The molecule has 0 spiro atoms. The molecule has 1 atom stereocenters. The Kier molecular flexibility index (Phi) is 4.57. The minimum atomic E-state index is -4.41. The van der Waals surface area contributed by atoms with E-state index < -0.39 is 11.9 Å². The Morgan fingerprint density at radius 1 is 1.27 bits per heavy atom. The summed E-state index contributed by atoms with van der Waals surface area (Å²) in [7, 11) is 0. The molecule has 0 bridgehead atoms. The SMILES string of the molecule is N#Cc1cc2c(nc1N1CCCC(c3nc(C(F)(F)F)cs3)C1)CSC2. The molecule has 26 heavy (non-hydrogen) atoms. The van der Waals surface area contributed by atoms with E-state index in [2.05, 4.69) is 11.1 Å². The molecule has 0 saturated carbocycles. The van der Waals surface area contributed by atoms with Crippen LogP contribution in [-0.4, -0.2) is 23.1 Å². The lowest BCUT2D eigenvalue weighted by atomic mass is 9.98. The fourth-order valence-electron chi connectivity index (χ4n) is 3.39. The summed E-state index contributed by atoms with van der Waals surface area (Å²) in [4.78, 5) is 10.6. The van der Waals surface area contributed by atoms with Gasteiger partial charge in [-0.1, -0.05) is 0 Å². The van der Waals surface area contributed by atoms with Gasteiger partial charge in [0.1, 0.15) is 11.9 Å². The molecule has 2 aromatic heterocycles. The molecule has 0 amide bonds. The third-order valence-corrected chi connectivity index (χ3v) is 6.67. The molecule has 4 rings (SSSR count). The maximum Gasteiger partial charge on any atom is 0.434 e. The predicted molar refractivity (Wildman–Crippen MR) is 95.3 cm³/mol. The molecule has 2 aliphatic rings. The number of aromatic nitrogens is 2. The van der Waals surface area contributed by atoms with E-state index in [1.807, 2.05) is 11.0 Å². The van der Waals surface area contributed by atoms with Crippen LogP contribution < -0.4 is 4.90 Å². The third kappa shape index (κ3) is 3.28. The van der Waals surface area contributed by atoms with Gasteiger partial charge in [-0.05, 0) is 24.5 Å². The van der Waals surface area contributed by atoms with Crippen molar-refractivity contribution in [3.63, 3.8) is 0 Å². The van der Waals surface area contributed by atoms with Gasteiger partial charge in [0, 0.05) is 35.9 Å². The summed E-state index contributed by atoms with van der Waals surface area (Å²) in [5.74, 6) is 2.30. The van der Waals surface area contributed by atoms with Gasteiger partial charge in [-0.15, -0.1) is 11.3 Å². The second-order valence-electron chi connectivity index (χ2n) is 6.42. The van der Waals surface area contributed by atoms with E-state index in [1.54, 1.807) is 11.8 Å². The third-order valence-electron chi connectivity index (χ3n) is 4.67. The summed E-state index contributed by atoms with van der Waals surface area (Å²) >= 11 is 2.84. The summed E-state index contributed by atoms with van der Waals surface area (Å²) in [6.07, 6.45) is -2.77. The summed E-state index contributed by atoms with van der Waals surface area (Å²) in [6.45, 7) is 1.29. The Labute approximate surface area is 157 Å². The van der Waals surface area contributed by atoms with Gasteiger partial charge in [0.2, 0.25) is 0 Å². The van der Waals surface area contributed by atoms with Gasteiger partial charge >= 0.3 is 6.18 Å². The quantitative estimate of drug-likeness (QED) is 0.745. The molecule has 1 unspecified atom stereocenters. The number of piperidine rings is 1. The standard InChI is InChI=1S/C17H15F3N4S2/c18-17(19,20)14-9-26-16(23-14)10-2-1-3-24(6-10)15-11(5-21)4-12-7-25-8-13(12)22-15/h4,9-10H,1-3,6-8H2. The number of pyridine rings is 1. The number of hydrogen-bond donors (Lipinski definition) is 0. The average molecular weight is 396 g/mol. The molecule has 0 N–H and O–H groups in total. The number of nitrogens with zero attached hydrogens (tertiary/aromatic N) is 4. The maximum atomic E-state index is 12.8. The van der Waals surface area contributed by atoms with Crippen molar-refractivity contribution < 1.29 is 13.2 Å². The molecule has 1 fully saturated rings. The highest BCUT2D eigenvalue weighted by atomic mass is 32.2. The molecule has 2 aromatic rings. The van der Waals surface area contributed by atoms with Crippen LogP contribution in [0.5, 0.6) is 0 Å². The van der Waals surface area contributed by atoms with Crippen LogP contribution in [0.1, 0.15) is 46.3 Å². The smallest absolute Gasteiger partial charge is 0.355 e. The van der Waals surface area contributed by atoms with E-state index >= 15 is 0 Å². The van der Waals surface area contributed by atoms with Crippen molar-refractivity contribution in [2.24, 2.45) is 0 Å². The number of thioether (sulfide) groups is 1. The van der Waals surface area contributed by atoms with Crippen LogP contribution in [0.4, 0.5) is 19.0 Å². The maximum absolute atomic E-state index is 12.8. The predicted octanol–water partition coefficient (Wildman–Crippen LogP) is 4.56. The van der Waals surface area contributed by atoms with E-state index in [1.165, 1.54) is 0 Å². The first kappa shape index (κ1) is 17.6. The lowest BCUT2D eigenvalue weighted by molar-refractivity contribution is -0.140. The second-order valence-corrected chi connectivity index (χ2v) is 8.30. The lowest BCUT2D eigenvalue weighted by Crippen LogP contribution is -2.35. The van der Waals surface area contributed by atoms with E-state index in [4.69, 9.17) is 4.98 Å². The van der Waals surface area contributed by atoms with Crippen LogP contribution in [0.3, 0.4) is 0 Å². The molecule has 4 heterocycles. The van der Waals surface area contributed by atoms with E-state index in [-0.39, 0.29) is 5.92 Å². The number of anilines is 1. The van der Waals surface area contributed by atoms with Crippen molar-refractivity contribution in [1.82, 2.24) is 9.97 Å². The first-order valence-corrected chi connectivity index (χ1v) is 10.3. The Hall–Kier alpha value is -1.79. The highest BCUT2D eigenvalue weighted by Gasteiger charge is 2.35. The van der Waals surface area contributed by atoms with Gasteiger partial charge in [0.15, 0.2) is 5.69 Å². The summed E-state index contributed by atoms with van der Waals surface area (Å²) < 4.78 is 38.5. The minimum Gasteiger partial charge on any atom is -0.355 e. The van der Waals surface area contributed by atoms with E-state index in [9.17, 15) is 18.4 Å². The summed E-state index contributed by atoms with van der Waals surface area (Å²) in [5.41, 5.74) is 1.85. The van der Waals surface area contributed by atoms with Crippen molar-refractivity contribution in [3.05, 3.63) is 39.0 Å². The molecule has 0 radical (unpaired) electrons. The lowest BCUT2D eigenvalue weighted by Gasteiger charge is -2.33. The van der Waals surface area contributed by atoms with Crippen LogP contribution in [0.25, 0.3) is 0 Å². The largest absolute Gasteiger partial charge is 0.434 e. The zero-order chi connectivity index (χ0) is 18.3. The minimum absolute atomic E-state index is 0.0687. The fraction of sp³-hybridized carbons (Fsp3) is 0.471. The highest BCUT2D eigenvalue weighted by Crippen LogP contribution is 2.37. The molecule has 4 nitrogen and oxygen atoms in total. The first-order chi connectivity index (χ1) is 12.5. The van der Waals surface area contributed by atoms with Crippen LogP contribution in [0, 0.1) is 11.3 Å². The van der Waals surface area contributed by atoms with E-state index in [0.29, 0.717) is 22.9 Å². The Bertz CT molecular complexity index is 872. The monoisotopic (exact) mass is 396 g/mol. The van der Waals surface area contributed by atoms with E-state index in [0.717, 1.165) is 58.9 Å². The zero-order valence-electron chi connectivity index (χ0n) is 13.7. The topological polar surface area (TPSA) is 52.8 Å². The normalized spacial score (nSPS) is 20.1. The Balaban J connectivity index is 1.60. The highest BCUT2D eigenvalue weighted by molar-refractivity contribution is 7.98. The second kappa shape index (κ2) is 6.74. The number of fused-ring (bicyclic) bond motifs is 1. The van der Waals surface area contributed by atoms with Crippen molar-refractivity contribution in [2.45, 2.75) is 36.4 Å². The molecule has 1 saturated heterocycles. The summed E-state index contributed by atoms with van der Waals surface area (Å²) in [5, 5.41) is 11.1.